The Morgan fingerprint density at radius 3 is 2.56 bits per heavy atom. The second-order valence-corrected chi connectivity index (χ2v) is 5.98. The molecule has 2 nitrogen and oxygen atoms in total. The molecule has 0 aromatic rings. The van der Waals surface area contributed by atoms with Gasteiger partial charge in [-0.25, -0.2) is 0 Å². The Morgan fingerprint density at radius 1 is 1.31 bits per heavy atom. The summed E-state index contributed by atoms with van der Waals surface area (Å²) in [5.41, 5.74) is 6.11. The summed E-state index contributed by atoms with van der Waals surface area (Å²) in [5.74, 6) is 0.898. The van der Waals surface area contributed by atoms with Gasteiger partial charge in [-0.3, -0.25) is 0 Å². The molecule has 3 N–H and O–H groups in total. The van der Waals surface area contributed by atoms with Gasteiger partial charge in [0.2, 0.25) is 0 Å². The van der Waals surface area contributed by atoms with Gasteiger partial charge in [0, 0.05) is 18.1 Å². The first-order valence-corrected chi connectivity index (χ1v) is 7.07. The lowest BCUT2D eigenvalue weighted by molar-refractivity contribution is 0.286. The number of hydrogen-bond acceptors (Lipinski definition) is 2. The maximum atomic E-state index is 5.94. The van der Waals surface area contributed by atoms with Crippen molar-refractivity contribution in [3.8, 4) is 0 Å². The number of nitrogens with one attached hydrogen (secondary N) is 1. The largest absolute Gasteiger partial charge is 0.329 e. The van der Waals surface area contributed by atoms with Gasteiger partial charge in [-0.15, -0.1) is 0 Å². The van der Waals surface area contributed by atoms with Crippen LogP contribution in [0.15, 0.2) is 0 Å². The monoisotopic (exact) mass is 226 g/mol. The van der Waals surface area contributed by atoms with Crippen molar-refractivity contribution < 1.29 is 0 Å². The SMILES string of the molecule is CCCCCC(C)(CN)NC1CCC(C)C1. The number of rotatable bonds is 7. The molecule has 0 spiro atoms. The molecular weight excluding hydrogens is 196 g/mol. The minimum atomic E-state index is 0.171. The Labute approximate surface area is 101 Å². The first-order valence-electron chi connectivity index (χ1n) is 7.07. The second kappa shape index (κ2) is 6.61. The van der Waals surface area contributed by atoms with E-state index >= 15 is 0 Å². The minimum absolute atomic E-state index is 0.171. The molecule has 0 radical (unpaired) electrons. The molecule has 0 amide bonds. The van der Waals surface area contributed by atoms with Crippen LogP contribution >= 0.6 is 0 Å². The zero-order chi connectivity index (χ0) is 12.0. The van der Waals surface area contributed by atoms with Crippen molar-refractivity contribution in [2.24, 2.45) is 11.7 Å². The quantitative estimate of drug-likeness (QED) is 0.655. The van der Waals surface area contributed by atoms with Crippen molar-refractivity contribution in [1.82, 2.24) is 5.32 Å². The molecule has 2 heteroatoms. The highest BCUT2D eigenvalue weighted by molar-refractivity contribution is 4.90. The zero-order valence-electron chi connectivity index (χ0n) is 11.4. The van der Waals surface area contributed by atoms with Crippen molar-refractivity contribution in [2.75, 3.05) is 6.54 Å². The second-order valence-electron chi connectivity index (χ2n) is 5.98. The van der Waals surface area contributed by atoms with Crippen LogP contribution in [0.5, 0.6) is 0 Å². The summed E-state index contributed by atoms with van der Waals surface area (Å²) in [7, 11) is 0. The smallest absolute Gasteiger partial charge is 0.0278 e. The zero-order valence-corrected chi connectivity index (χ0v) is 11.4. The van der Waals surface area contributed by atoms with E-state index in [0.29, 0.717) is 6.04 Å². The average molecular weight is 226 g/mol. The summed E-state index contributed by atoms with van der Waals surface area (Å²) in [6, 6.07) is 0.713. The van der Waals surface area contributed by atoms with E-state index in [2.05, 4.69) is 26.1 Å². The molecule has 16 heavy (non-hydrogen) atoms. The lowest BCUT2D eigenvalue weighted by Gasteiger charge is -2.33. The molecule has 3 unspecified atom stereocenters. The van der Waals surface area contributed by atoms with Crippen LogP contribution in [0, 0.1) is 5.92 Å². The summed E-state index contributed by atoms with van der Waals surface area (Å²) >= 11 is 0. The van der Waals surface area contributed by atoms with Crippen molar-refractivity contribution in [2.45, 2.75) is 77.3 Å². The fourth-order valence-electron chi connectivity index (χ4n) is 2.83. The van der Waals surface area contributed by atoms with Gasteiger partial charge in [-0.1, -0.05) is 33.1 Å². The fourth-order valence-corrected chi connectivity index (χ4v) is 2.83. The summed E-state index contributed by atoms with van der Waals surface area (Å²) in [6.45, 7) is 7.68. The Balaban J connectivity index is 2.33. The molecule has 1 aliphatic carbocycles. The van der Waals surface area contributed by atoms with Gasteiger partial charge >= 0.3 is 0 Å². The molecule has 0 saturated heterocycles. The number of hydrogen-bond donors (Lipinski definition) is 2. The third-order valence-electron chi connectivity index (χ3n) is 4.03. The molecule has 0 heterocycles. The van der Waals surface area contributed by atoms with Crippen LogP contribution in [-0.4, -0.2) is 18.1 Å². The first kappa shape index (κ1) is 14.0. The molecule has 96 valence electrons. The minimum Gasteiger partial charge on any atom is -0.329 e. The topological polar surface area (TPSA) is 38.0 Å². The van der Waals surface area contributed by atoms with Gasteiger partial charge in [0.1, 0.15) is 0 Å². The van der Waals surface area contributed by atoms with Gasteiger partial charge in [-0.2, -0.15) is 0 Å². The molecule has 0 bridgehead atoms. The van der Waals surface area contributed by atoms with Crippen LogP contribution < -0.4 is 11.1 Å². The highest BCUT2D eigenvalue weighted by atomic mass is 15.0. The van der Waals surface area contributed by atoms with E-state index in [0.717, 1.165) is 12.5 Å². The van der Waals surface area contributed by atoms with Gasteiger partial charge in [-0.05, 0) is 38.5 Å². The van der Waals surface area contributed by atoms with Crippen LogP contribution in [0.25, 0.3) is 0 Å². The summed E-state index contributed by atoms with van der Waals surface area (Å²) in [5, 5.41) is 3.81. The van der Waals surface area contributed by atoms with Crippen LogP contribution in [0.2, 0.25) is 0 Å². The summed E-state index contributed by atoms with van der Waals surface area (Å²) in [6.07, 6.45) is 9.21. The Morgan fingerprint density at radius 2 is 2.06 bits per heavy atom. The molecule has 1 rings (SSSR count). The van der Waals surface area contributed by atoms with Crippen LogP contribution in [0.1, 0.15) is 65.7 Å². The third kappa shape index (κ3) is 4.42. The molecule has 1 aliphatic rings. The molecule has 0 aromatic carbocycles. The average Bonchev–Trinajstić information content (AvgIpc) is 2.64. The van der Waals surface area contributed by atoms with E-state index in [1.807, 2.05) is 0 Å². The number of unbranched alkanes of at least 4 members (excludes halogenated alkanes) is 2. The highest BCUT2D eigenvalue weighted by Gasteiger charge is 2.29. The lowest BCUT2D eigenvalue weighted by atomic mass is 9.93. The highest BCUT2D eigenvalue weighted by Crippen LogP contribution is 2.27. The summed E-state index contributed by atoms with van der Waals surface area (Å²) < 4.78 is 0. The predicted octanol–water partition coefficient (Wildman–Crippen LogP) is 3.06. The van der Waals surface area contributed by atoms with Crippen molar-refractivity contribution >= 4 is 0 Å². The third-order valence-corrected chi connectivity index (χ3v) is 4.03. The van der Waals surface area contributed by atoms with E-state index in [-0.39, 0.29) is 5.54 Å². The van der Waals surface area contributed by atoms with Gasteiger partial charge in [0.05, 0.1) is 0 Å². The summed E-state index contributed by atoms with van der Waals surface area (Å²) in [4.78, 5) is 0. The van der Waals surface area contributed by atoms with Crippen LogP contribution in [-0.2, 0) is 0 Å². The standard InChI is InChI=1S/C14H30N2/c1-4-5-6-9-14(3,11-15)16-13-8-7-12(2)10-13/h12-13,16H,4-11,15H2,1-3H3. The van der Waals surface area contributed by atoms with E-state index in [4.69, 9.17) is 5.73 Å². The van der Waals surface area contributed by atoms with Crippen LogP contribution in [0.4, 0.5) is 0 Å². The predicted molar refractivity (Wildman–Crippen MR) is 71.5 cm³/mol. The first-order chi connectivity index (χ1) is 7.59. The van der Waals surface area contributed by atoms with Crippen molar-refractivity contribution in [3.05, 3.63) is 0 Å². The molecule has 3 atom stereocenters. The Hall–Kier alpha value is -0.0800. The van der Waals surface area contributed by atoms with Crippen molar-refractivity contribution in [3.63, 3.8) is 0 Å². The molecule has 0 aliphatic heterocycles. The lowest BCUT2D eigenvalue weighted by Crippen LogP contribution is -2.52. The van der Waals surface area contributed by atoms with Gasteiger partial charge < -0.3 is 11.1 Å². The maximum Gasteiger partial charge on any atom is 0.0278 e. The fraction of sp³-hybridized carbons (Fsp3) is 1.00. The van der Waals surface area contributed by atoms with E-state index in [1.165, 1.54) is 44.9 Å². The molecule has 1 saturated carbocycles. The van der Waals surface area contributed by atoms with Crippen molar-refractivity contribution in [1.29, 1.82) is 0 Å². The molecule has 1 fully saturated rings. The van der Waals surface area contributed by atoms with E-state index in [9.17, 15) is 0 Å². The number of nitrogens with two attached hydrogens (primary N) is 1. The Bertz CT molecular complexity index is 193. The maximum absolute atomic E-state index is 5.94. The van der Waals surface area contributed by atoms with E-state index < -0.39 is 0 Å². The van der Waals surface area contributed by atoms with Crippen LogP contribution in [0.3, 0.4) is 0 Å². The normalized spacial score (nSPS) is 29.2. The van der Waals surface area contributed by atoms with Gasteiger partial charge in [0.25, 0.3) is 0 Å². The Kier molecular flexibility index (Phi) is 5.77. The molecular formula is C14H30N2. The van der Waals surface area contributed by atoms with E-state index in [1.54, 1.807) is 0 Å². The molecule has 0 aromatic heterocycles. The van der Waals surface area contributed by atoms with Gasteiger partial charge in [0.15, 0.2) is 0 Å².